The van der Waals surface area contributed by atoms with E-state index in [0.717, 1.165) is 18.2 Å². The third-order valence-corrected chi connectivity index (χ3v) is 6.75. The molecule has 14 nitrogen and oxygen atoms in total. The highest BCUT2D eigenvalue weighted by atomic mass is 16.7. The maximum absolute atomic E-state index is 13.5. The van der Waals surface area contributed by atoms with Gasteiger partial charge in [0, 0.05) is 23.8 Å². The van der Waals surface area contributed by atoms with Crippen LogP contribution in [0.5, 0.6) is 34.5 Å². The summed E-state index contributed by atoms with van der Waals surface area (Å²) >= 11 is 0. The average molecular weight is 611 g/mol. The van der Waals surface area contributed by atoms with Crippen molar-refractivity contribution in [2.24, 2.45) is 0 Å². The highest BCUT2D eigenvalue weighted by Crippen LogP contribution is 2.37. The van der Waals surface area contributed by atoms with E-state index in [2.05, 4.69) is 0 Å². The monoisotopic (exact) mass is 610 g/mol. The van der Waals surface area contributed by atoms with Gasteiger partial charge in [0.25, 0.3) is 0 Å². The van der Waals surface area contributed by atoms with Crippen LogP contribution in [0.3, 0.4) is 0 Å². The number of hydrogen-bond acceptors (Lipinski definition) is 14. The lowest BCUT2D eigenvalue weighted by Gasteiger charge is -2.39. The van der Waals surface area contributed by atoms with Crippen LogP contribution in [-0.2, 0) is 14.3 Å². The average Bonchev–Trinajstić information content (AvgIpc) is 2.98. The summed E-state index contributed by atoms with van der Waals surface area (Å²) in [4.78, 5) is 25.8. The molecule has 0 saturated carbocycles. The van der Waals surface area contributed by atoms with E-state index in [9.17, 15) is 50.4 Å². The zero-order valence-electron chi connectivity index (χ0n) is 22.5. The van der Waals surface area contributed by atoms with Gasteiger partial charge < -0.3 is 59.5 Å². The topological polar surface area (TPSA) is 237 Å². The number of phenolic OH excluding ortho intramolecular Hbond substituents is 5. The van der Waals surface area contributed by atoms with Crippen molar-refractivity contribution in [2.45, 2.75) is 30.7 Å². The first kappa shape index (κ1) is 30.2. The first-order chi connectivity index (χ1) is 20.9. The molecule has 5 rings (SSSR count). The molecule has 8 N–H and O–H groups in total. The second kappa shape index (κ2) is 12.1. The number of esters is 1. The molecule has 1 fully saturated rings. The molecule has 1 aliphatic heterocycles. The number of fused-ring (bicyclic) bond motifs is 1. The number of ether oxygens (including phenoxy) is 3. The van der Waals surface area contributed by atoms with Crippen molar-refractivity contribution in [3.8, 4) is 45.8 Å². The van der Waals surface area contributed by atoms with Gasteiger partial charge in [-0.15, -0.1) is 0 Å². The molecule has 1 aliphatic rings. The van der Waals surface area contributed by atoms with Crippen LogP contribution in [0.1, 0.15) is 5.56 Å². The van der Waals surface area contributed by atoms with E-state index in [1.54, 1.807) is 0 Å². The first-order valence-corrected chi connectivity index (χ1v) is 13.0. The van der Waals surface area contributed by atoms with Gasteiger partial charge in [-0.25, -0.2) is 4.79 Å². The summed E-state index contributed by atoms with van der Waals surface area (Å²) < 4.78 is 22.2. The van der Waals surface area contributed by atoms with Gasteiger partial charge in [-0.3, -0.25) is 4.79 Å². The lowest BCUT2D eigenvalue weighted by Crippen LogP contribution is -2.60. The minimum absolute atomic E-state index is 0.105. The zero-order chi connectivity index (χ0) is 31.7. The predicted molar refractivity (Wildman–Crippen MR) is 150 cm³/mol. The number of aromatic hydroxyl groups is 5. The molecule has 44 heavy (non-hydrogen) atoms. The summed E-state index contributed by atoms with van der Waals surface area (Å²) in [5, 5.41) is 80.2. The lowest BCUT2D eigenvalue weighted by atomic mass is 9.99. The molecule has 5 atom stereocenters. The lowest BCUT2D eigenvalue weighted by molar-refractivity contribution is -0.278. The van der Waals surface area contributed by atoms with Gasteiger partial charge in [-0.2, -0.15) is 0 Å². The van der Waals surface area contributed by atoms with E-state index < -0.39 is 71.7 Å². The summed E-state index contributed by atoms with van der Waals surface area (Å²) in [6, 6.07) is 11.2. The Morgan fingerprint density at radius 3 is 2.25 bits per heavy atom. The molecule has 0 bridgehead atoms. The number of aliphatic hydroxyl groups excluding tert-OH is 3. The van der Waals surface area contributed by atoms with Crippen molar-refractivity contribution < 1.29 is 64.3 Å². The fourth-order valence-electron chi connectivity index (χ4n) is 4.47. The fraction of sp³-hybridized carbons (Fsp3) is 0.200. The smallest absolute Gasteiger partial charge is 0.330 e. The van der Waals surface area contributed by atoms with Crippen molar-refractivity contribution in [3.05, 3.63) is 76.5 Å². The van der Waals surface area contributed by atoms with E-state index in [1.165, 1.54) is 48.5 Å². The Balaban J connectivity index is 1.41. The number of aliphatic hydroxyl groups is 3. The second-order valence-corrected chi connectivity index (χ2v) is 9.82. The van der Waals surface area contributed by atoms with Crippen LogP contribution in [0, 0.1) is 0 Å². The molecule has 0 amide bonds. The van der Waals surface area contributed by atoms with Gasteiger partial charge in [-0.1, -0.05) is 6.07 Å². The Morgan fingerprint density at radius 2 is 1.55 bits per heavy atom. The van der Waals surface area contributed by atoms with Crippen molar-refractivity contribution in [3.63, 3.8) is 0 Å². The Labute approximate surface area is 247 Å². The maximum atomic E-state index is 13.5. The highest BCUT2D eigenvalue weighted by Gasteiger charge is 2.46. The molecule has 4 aromatic rings. The number of rotatable bonds is 7. The summed E-state index contributed by atoms with van der Waals surface area (Å²) in [5.41, 5.74) is -0.608. The van der Waals surface area contributed by atoms with Crippen LogP contribution >= 0.6 is 0 Å². The number of carbonyl (C=O) groups is 1. The van der Waals surface area contributed by atoms with Gasteiger partial charge in [0.2, 0.25) is 17.5 Å². The second-order valence-electron chi connectivity index (χ2n) is 9.82. The van der Waals surface area contributed by atoms with Crippen LogP contribution < -0.4 is 10.2 Å². The van der Waals surface area contributed by atoms with Crippen molar-refractivity contribution in [1.82, 2.24) is 0 Å². The van der Waals surface area contributed by atoms with Crippen LogP contribution in [0.4, 0.5) is 0 Å². The minimum Gasteiger partial charge on any atom is -0.508 e. The number of phenols is 5. The van der Waals surface area contributed by atoms with Crippen LogP contribution in [0.25, 0.3) is 28.4 Å². The normalized spacial score (nSPS) is 21.8. The Morgan fingerprint density at radius 1 is 0.818 bits per heavy atom. The summed E-state index contributed by atoms with van der Waals surface area (Å²) in [6.45, 7) is -0.633. The van der Waals surface area contributed by atoms with Gasteiger partial charge in [0.05, 0.1) is 0 Å². The van der Waals surface area contributed by atoms with Gasteiger partial charge in [-0.05, 0) is 48.0 Å². The largest absolute Gasteiger partial charge is 0.508 e. The van der Waals surface area contributed by atoms with Crippen molar-refractivity contribution in [2.75, 3.05) is 6.61 Å². The van der Waals surface area contributed by atoms with Crippen molar-refractivity contribution >= 4 is 23.0 Å². The molecular formula is C30H26O14. The SMILES string of the molecule is O=C(/C=C/c1ccc(O)c(O)c1)OCC1O[C@@H](Oc2c(-c3ccc(O)cc3)oc3cc(O)cc(O)c3c2=O)C(O)[C@H](O)[C@@H]1O. The van der Waals surface area contributed by atoms with E-state index in [1.807, 2.05) is 0 Å². The third-order valence-electron chi connectivity index (χ3n) is 6.75. The van der Waals surface area contributed by atoms with E-state index in [0.29, 0.717) is 5.56 Å². The fourth-order valence-corrected chi connectivity index (χ4v) is 4.47. The Hall–Kier alpha value is -5.28. The molecule has 0 aliphatic carbocycles. The van der Waals surface area contributed by atoms with Gasteiger partial charge in [0.15, 0.2) is 17.3 Å². The molecule has 1 aromatic heterocycles. The Kier molecular flexibility index (Phi) is 8.33. The van der Waals surface area contributed by atoms with E-state index >= 15 is 0 Å². The maximum Gasteiger partial charge on any atom is 0.330 e. The molecule has 0 spiro atoms. The number of carbonyl (C=O) groups excluding carboxylic acids is 1. The first-order valence-electron chi connectivity index (χ1n) is 13.0. The molecular weight excluding hydrogens is 584 g/mol. The van der Waals surface area contributed by atoms with Crippen LogP contribution in [-0.4, -0.2) is 84.1 Å². The Bertz CT molecular complexity index is 1780. The van der Waals surface area contributed by atoms with E-state index in [4.69, 9.17) is 18.6 Å². The molecule has 2 heterocycles. The molecule has 1 saturated heterocycles. The van der Waals surface area contributed by atoms with Gasteiger partial charge >= 0.3 is 5.97 Å². The summed E-state index contributed by atoms with van der Waals surface area (Å²) in [5.74, 6) is -3.65. The molecule has 0 radical (unpaired) electrons. The standard InChI is InChI=1S/C30H26O14/c31-15-5-3-14(4-6-15)28-29(25(38)23-19(35)10-16(32)11-20(23)42-28)44-30-27(40)26(39)24(37)21(43-30)12-41-22(36)8-2-13-1-7-17(33)18(34)9-13/h1-11,21,24,26-27,30-35,37,39-40H,12H2/b8-2+/t21?,24-,26-,27?,30+/m1/s1. The number of hydrogen-bond donors (Lipinski definition) is 8. The van der Waals surface area contributed by atoms with Crippen molar-refractivity contribution in [1.29, 1.82) is 0 Å². The molecule has 3 aromatic carbocycles. The third kappa shape index (κ3) is 6.09. The van der Waals surface area contributed by atoms with Gasteiger partial charge in [0.1, 0.15) is 59.2 Å². The molecule has 14 heteroatoms. The van der Waals surface area contributed by atoms with Crippen LogP contribution in [0.2, 0.25) is 0 Å². The highest BCUT2D eigenvalue weighted by molar-refractivity contribution is 5.88. The van der Waals surface area contributed by atoms with Crippen LogP contribution in [0.15, 0.2) is 69.9 Å². The number of benzene rings is 3. The minimum atomic E-state index is -1.92. The molecule has 230 valence electrons. The summed E-state index contributed by atoms with van der Waals surface area (Å²) in [6.07, 6.45) is -6.57. The summed E-state index contributed by atoms with van der Waals surface area (Å²) in [7, 11) is 0. The van der Waals surface area contributed by atoms with E-state index in [-0.39, 0.29) is 33.8 Å². The zero-order valence-corrected chi connectivity index (χ0v) is 22.5. The predicted octanol–water partition coefficient (Wildman–Crippen LogP) is 1.43. The quantitative estimate of drug-likeness (QED) is 0.0840. The molecule has 2 unspecified atom stereocenters.